The molecular weight excluding hydrogens is 231 g/mol. The largest absolute Gasteiger partial charge is 0.287 e. The SMILES string of the molecule is C#CCNC(C#N)c1ccc(Cl)cc1Cl. The van der Waals surface area contributed by atoms with E-state index in [0.717, 1.165) is 0 Å². The predicted octanol–water partition coefficient (Wildman–Crippen LogP) is 2.78. The number of nitriles is 1. The van der Waals surface area contributed by atoms with Crippen LogP contribution in [0.4, 0.5) is 0 Å². The van der Waals surface area contributed by atoms with Crippen molar-refractivity contribution in [3.63, 3.8) is 0 Å². The van der Waals surface area contributed by atoms with Gasteiger partial charge in [0.1, 0.15) is 6.04 Å². The molecule has 0 aliphatic rings. The van der Waals surface area contributed by atoms with Gasteiger partial charge in [0.2, 0.25) is 0 Å². The van der Waals surface area contributed by atoms with E-state index in [1.54, 1.807) is 18.2 Å². The third-order valence-corrected chi connectivity index (χ3v) is 2.37. The highest BCUT2D eigenvalue weighted by Gasteiger charge is 2.12. The third-order valence-electron chi connectivity index (χ3n) is 1.81. The minimum atomic E-state index is -0.509. The smallest absolute Gasteiger partial charge is 0.123 e. The number of benzene rings is 1. The first-order chi connectivity index (χ1) is 7.19. The Morgan fingerprint density at radius 3 is 2.73 bits per heavy atom. The second kappa shape index (κ2) is 5.63. The molecule has 76 valence electrons. The Balaban J connectivity index is 2.94. The summed E-state index contributed by atoms with van der Waals surface area (Å²) >= 11 is 11.7. The summed E-state index contributed by atoms with van der Waals surface area (Å²) in [6, 6.07) is 6.56. The van der Waals surface area contributed by atoms with Crippen molar-refractivity contribution in [2.24, 2.45) is 0 Å². The van der Waals surface area contributed by atoms with E-state index < -0.39 is 6.04 Å². The van der Waals surface area contributed by atoms with Crippen LogP contribution in [0.1, 0.15) is 11.6 Å². The normalized spacial score (nSPS) is 11.5. The molecule has 4 heteroatoms. The first-order valence-corrected chi connectivity index (χ1v) is 4.96. The molecule has 0 amide bonds. The third kappa shape index (κ3) is 3.15. The van der Waals surface area contributed by atoms with Gasteiger partial charge in [-0.2, -0.15) is 5.26 Å². The van der Waals surface area contributed by atoms with Crippen molar-refractivity contribution < 1.29 is 0 Å². The Labute approximate surface area is 98.8 Å². The molecule has 0 aliphatic heterocycles. The summed E-state index contributed by atoms with van der Waals surface area (Å²) in [4.78, 5) is 0. The Hall–Kier alpha value is -1.19. The predicted molar refractivity (Wildman–Crippen MR) is 61.7 cm³/mol. The molecule has 1 N–H and O–H groups in total. The summed E-state index contributed by atoms with van der Waals surface area (Å²) in [6.45, 7) is 0.317. The molecule has 0 bridgehead atoms. The van der Waals surface area contributed by atoms with Crippen molar-refractivity contribution in [1.29, 1.82) is 5.26 Å². The van der Waals surface area contributed by atoms with Crippen LogP contribution in [-0.4, -0.2) is 6.54 Å². The van der Waals surface area contributed by atoms with Crippen LogP contribution in [0.2, 0.25) is 10.0 Å². The second-order valence-corrected chi connectivity index (χ2v) is 3.66. The number of terminal acetylenes is 1. The zero-order valence-corrected chi connectivity index (χ0v) is 9.31. The highest BCUT2D eigenvalue weighted by Crippen LogP contribution is 2.25. The summed E-state index contributed by atoms with van der Waals surface area (Å²) in [7, 11) is 0. The molecule has 1 rings (SSSR count). The summed E-state index contributed by atoms with van der Waals surface area (Å²) in [6.07, 6.45) is 5.10. The van der Waals surface area contributed by atoms with E-state index in [4.69, 9.17) is 34.9 Å². The lowest BCUT2D eigenvalue weighted by Crippen LogP contribution is -2.20. The number of halogens is 2. The summed E-state index contributed by atoms with van der Waals surface area (Å²) in [5.74, 6) is 2.40. The van der Waals surface area contributed by atoms with Gasteiger partial charge in [0.15, 0.2) is 0 Å². The Kier molecular flexibility index (Phi) is 4.46. The fourth-order valence-electron chi connectivity index (χ4n) is 1.12. The average Bonchev–Trinajstić information content (AvgIpc) is 2.21. The molecular formula is C11H8Cl2N2. The van der Waals surface area contributed by atoms with E-state index in [1.807, 2.05) is 0 Å². The van der Waals surface area contributed by atoms with E-state index in [2.05, 4.69) is 17.3 Å². The molecule has 0 saturated heterocycles. The van der Waals surface area contributed by atoms with Crippen LogP contribution in [0.25, 0.3) is 0 Å². The monoisotopic (exact) mass is 238 g/mol. The Morgan fingerprint density at radius 2 is 2.20 bits per heavy atom. The molecule has 1 aromatic carbocycles. The number of rotatable bonds is 3. The van der Waals surface area contributed by atoms with Gasteiger partial charge in [0.25, 0.3) is 0 Å². The van der Waals surface area contributed by atoms with Gasteiger partial charge in [-0.1, -0.05) is 35.2 Å². The first kappa shape index (κ1) is 11.9. The van der Waals surface area contributed by atoms with Crippen molar-refractivity contribution in [3.8, 4) is 18.4 Å². The summed E-state index contributed by atoms with van der Waals surface area (Å²) < 4.78 is 0. The van der Waals surface area contributed by atoms with Crippen LogP contribution in [0, 0.1) is 23.7 Å². The van der Waals surface area contributed by atoms with Crippen LogP contribution in [0.5, 0.6) is 0 Å². The molecule has 2 nitrogen and oxygen atoms in total. The van der Waals surface area contributed by atoms with Gasteiger partial charge in [-0.3, -0.25) is 5.32 Å². The number of nitrogens with one attached hydrogen (secondary N) is 1. The average molecular weight is 239 g/mol. The lowest BCUT2D eigenvalue weighted by atomic mass is 10.1. The van der Waals surface area contributed by atoms with E-state index in [0.29, 0.717) is 22.2 Å². The van der Waals surface area contributed by atoms with Gasteiger partial charge < -0.3 is 0 Å². The molecule has 0 fully saturated rings. The van der Waals surface area contributed by atoms with E-state index in [9.17, 15) is 0 Å². The Morgan fingerprint density at radius 1 is 1.47 bits per heavy atom. The van der Waals surface area contributed by atoms with Crippen molar-refractivity contribution in [2.45, 2.75) is 6.04 Å². The second-order valence-electron chi connectivity index (χ2n) is 2.81. The number of hydrogen-bond acceptors (Lipinski definition) is 2. The van der Waals surface area contributed by atoms with Crippen molar-refractivity contribution >= 4 is 23.2 Å². The van der Waals surface area contributed by atoms with E-state index in [1.165, 1.54) is 0 Å². The van der Waals surface area contributed by atoms with Gasteiger partial charge in [0.05, 0.1) is 12.6 Å². The standard InChI is InChI=1S/C11H8Cl2N2/c1-2-5-15-11(7-14)9-4-3-8(12)6-10(9)13/h1,3-4,6,11,15H,5H2. The Bertz CT molecular complexity index is 429. The molecule has 1 atom stereocenters. The van der Waals surface area contributed by atoms with E-state index >= 15 is 0 Å². The highest BCUT2D eigenvalue weighted by atomic mass is 35.5. The molecule has 0 aliphatic carbocycles. The fraction of sp³-hybridized carbons (Fsp3) is 0.182. The number of nitrogens with zero attached hydrogens (tertiary/aromatic N) is 1. The minimum absolute atomic E-state index is 0.317. The molecule has 1 aromatic rings. The van der Waals surface area contributed by atoms with Crippen LogP contribution >= 0.6 is 23.2 Å². The molecule has 0 saturated carbocycles. The molecule has 0 radical (unpaired) electrons. The van der Waals surface area contributed by atoms with Gasteiger partial charge in [-0.25, -0.2) is 0 Å². The maximum Gasteiger partial charge on any atom is 0.123 e. The van der Waals surface area contributed by atoms with Crippen LogP contribution in [0.15, 0.2) is 18.2 Å². The number of hydrogen-bond donors (Lipinski definition) is 1. The quantitative estimate of drug-likeness (QED) is 0.823. The molecule has 1 unspecified atom stereocenters. The maximum absolute atomic E-state index is 8.93. The molecule has 0 spiro atoms. The van der Waals surface area contributed by atoms with Crippen molar-refractivity contribution in [2.75, 3.05) is 6.54 Å². The minimum Gasteiger partial charge on any atom is -0.287 e. The zero-order valence-electron chi connectivity index (χ0n) is 7.80. The lowest BCUT2D eigenvalue weighted by molar-refractivity contribution is 0.691. The van der Waals surface area contributed by atoms with Crippen LogP contribution < -0.4 is 5.32 Å². The first-order valence-electron chi connectivity index (χ1n) is 4.20. The lowest BCUT2D eigenvalue weighted by Gasteiger charge is -2.11. The van der Waals surface area contributed by atoms with Crippen molar-refractivity contribution in [3.05, 3.63) is 33.8 Å². The van der Waals surface area contributed by atoms with Gasteiger partial charge in [-0.15, -0.1) is 6.42 Å². The molecule has 0 heterocycles. The molecule has 15 heavy (non-hydrogen) atoms. The van der Waals surface area contributed by atoms with Gasteiger partial charge in [-0.05, 0) is 12.1 Å². The van der Waals surface area contributed by atoms with Gasteiger partial charge >= 0.3 is 0 Å². The highest BCUT2D eigenvalue weighted by molar-refractivity contribution is 6.35. The maximum atomic E-state index is 8.93. The molecule has 0 aromatic heterocycles. The van der Waals surface area contributed by atoms with Crippen LogP contribution in [0.3, 0.4) is 0 Å². The summed E-state index contributed by atoms with van der Waals surface area (Å²) in [5, 5.41) is 12.8. The zero-order chi connectivity index (χ0) is 11.3. The van der Waals surface area contributed by atoms with Crippen LogP contribution in [-0.2, 0) is 0 Å². The van der Waals surface area contributed by atoms with Crippen molar-refractivity contribution in [1.82, 2.24) is 5.32 Å². The fourth-order valence-corrected chi connectivity index (χ4v) is 1.64. The van der Waals surface area contributed by atoms with Gasteiger partial charge in [0, 0.05) is 15.6 Å². The van der Waals surface area contributed by atoms with E-state index in [-0.39, 0.29) is 0 Å². The topological polar surface area (TPSA) is 35.8 Å². The summed E-state index contributed by atoms with van der Waals surface area (Å²) in [5.41, 5.74) is 0.679.